The summed E-state index contributed by atoms with van der Waals surface area (Å²) in [6.07, 6.45) is -0.0348. The number of ether oxygens (including phenoxy) is 2. The Hall–Kier alpha value is -2.17. The van der Waals surface area contributed by atoms with E-state index >= 15 is 0 Å². The smallest absolute Gasteiger partial charge is 0.313 e. The van der Waals surface area contributed by atoms with Crippen LogP contribution >= 0.6 is 0 Å². The molecule has 0 fully saturated rings. The summed E-state index contributed by atoms with van der Waals surface area (Å²) in [6, 6.07) is 9.02. The Bertz CT molecular complexity index is 481. The lowest BCUT2D eigenvalue weighted by molar-refractivity contribution is -0.151. The maximum atomic E-state index is 11.8. The number of methoxy groups -OCH3 is 1. The molecule has 0 aliphatic rings. The SMILES string of the molecule is CCCC(=O)OC(CC(=O)CC(=O)OC)c1ccccc1. The van der Waals surface area contributed by atoms with Crippen LogP contribution in [0.15, 0.2) is 30.3 Å². The second kappa shape index (κ2) is 8.89. The predicted molar refractivity (Wildman–Crippen MR) is 76.4 cm³/mol. The highest BCUT2D eigenvalue weighted by molar-refractivity contribution is 5.95. The van der Waals surface area contributed by atoms with Crippen LogP contribution in [0.5, 0.6) is 0 Å². The largest absolute Gasteiger partial charge is 0.469 e. The van der Waals surface area contributed by atoms with E-state index in [2.05, 4.69) is 4.74 Å². The Morgan fingerprint density at radius 1 is 1.10 bits per heavy atom. The molecule has 1 atom stereocenters. The van der Waals surface area contributed by atoms with E-state index in [4.69, 9.17) is 4.74 Å². The summed E-state index contributed by atoms with van der Waals surface area (Å²) in [4.78, 5) is 34.6. The van der Waals surface area contributed by atoms with Gasteiger partial charge in [0.1, 0.15) is 18.3 Å². The number of hydrogen-bond donors (Lipinski definition) is 0. The van der Waals surface area contributed by atoms with Gasteiger partial charge >= 0.3 is 11.9 Å². The molecule has 5 heteroatoms. The lowest BCUT2D eigenvalue weighted by Crippen LogP contribution is -2.17. The fraction of sp³-hybridized carbons (Fsp3) is 0.438. The molecule has 0 saturated carbocycles. The lowest BCUT2D eigenvalue weighted by Gasteiger charge is -2.17. The molecule has 1 rings (SSSR count). The van der Waals surface area contributed by atoms with Crippen LogP contribution in [0.25, 0.3) is 0 Å². The number of Topliss-reactive ketones (excluding diaryl/α,β-unsaturated/α-hetero) is 1. The minimum absolute atomic E-state index is 0.0332. The van der Waals surface area contributed by atoms with Crippen molar-refractivity contribution in [2.75, 3.05) is 7.11 Å². The van der Waals surface area contributed by atoms with Crippen molar-refractivity contribution in [3.63, 3.8) is 0 Å². The van der Waals surface area contributed by atoms with E-state index in [0.717, 1.165) is 5.56 Å². The van der Waals surface area contributed by atoms with Gasteiger partial charge in [0, 0.05) is 12.8 Å². The molecule has 0 bridgehead atoms. The molecular weight excluding hydrogens is 272 g/mol. The summed E-state index contributed by atoms with van der Waals surface area (Å²) in [5.74, 6) is -1.26. The van der Waals surface area contributed by atoms with Crippen molar-refractivity contribution >= 4 is 17.7 Å². The van der Waals surface area contributed by atoms with Crippen LogP contribution in [0.2, 0.25) is 0 Å². The van der Waals surface area contributed by atoms with Gasteiger partial charge in [0.05, 0.1) is 7.11 Å². The zero-order chi connectivity index (χ0) is 15.7. The lowest BCUT2D eigenvalue weighted by atomic mass is 10.0. The van der Waals surface area contributed by atoms with Gasteiger partial charge in [-0.1, -0.05) is 37.3 Å². The summed E-state index contributed by atoms with van der Waals surface area (Å²) in [6.45, 7) is 1.88. The minimum atomic E-state index is -0.664. The predicted octanol–water partition coefficient (Wildman–Crippen LogP) is 2.59. The molecule has 0 aliphatic heterocycles. The maximum absolute atomic E-state index is 11.8. The third kappa shape index (κ3) is 6.21. The average Bonchev–Trinajstić information content (AvgIpc) is 2.47. The van der Waals surface area contributed by atoms with Gasteiger partial charge in [-0.15, -0.1) is 0 Å². The molecule has 114 valence electrons. The van der Waals surface area contributed by atoms with Crippen LogP contribution < -0.4 is 0 Å². The second-order valence-electron chi connectivity index (χ2n) is 4.63. The third-order valence-corrected chi connectivity index (χ3v) is 2.88. The summed E-state index contributed by atoms with van der Waals surface area (Å²) in [5, 5.41) is 0. The van der Waals surface area contributed by atoms with E-state index in [9.17, 15) is 14.4 Å². The van der Waals surface area contributed by atoms with Gasteiger partial charge in [-0.25, -0.2) is 0 Å². The van der Waals surface area contributed by atoms with E-state index in [0.29, 0.717) is 12.8 Å². The first-order valence-corrected chi connectivity index (χ1v) is 6.89. The second-order valence-corrected chi connectivity index (χ2v) is 4.63. The average molecular weight is 292 g/mol. The number of esters is 2. The molecular formula is C16H20O5. The van der Waals surface area contributed by atoms with Crippen LogP contribution in [0.3, 0.4) is 0 Å². The number of carbonyl (C=O) groups excluding carboxylic acids is 3. The van der Waals surface area contributed by atoms with E-state index < -0.39 is 12.1 Å². The summed E-state index contributed by atoms with van der Waals surface area (Å²) >= 11 is 0. The number of hydrogen-bond acceptors (Lipinski definition) is 5. The minimum Gasteiger partial charge on any atom is -0.469 e. The zero-order valence-electron chi connectivity index (χ0n) is 12.3. The van der Waals surface area contributed by atoms with E-state index in [1.165, 1.54) is 7.11 Å². The van der Waals surface area contributed by atoms with Crippen LogP contribution in [0.4, 0.5) is 0 Å². The molecule has 0 saturated heterocycles. The van der Waals surface area contributed by atoms with Gasteiger partial charge in [-0.3, -0.25) is 14.4 Å². The first-order chi connectivity index (χ1) is 10.1. The van der Waals surface area contributed by atoms with Crippen molar-refractivity contribution in [2.45, 2.75) is 38.7 Å². The fourth-order valence-corrected chi connectivity index (χ4v) is 1.83. The van der Waals surface area contributed by atoms with E-state index in [-0.39, 0.29) is 24.6 Å². The Kier molecular flexibility index (Phi) is 7.15. The Labute approximate surface area is 124 Å². The maximum Gasteiger partial charge on any atom is 0.313 e. The van der Waals surface area contributed by atoms with Crippen LogP contribution in [-0.4, -0.2) is 24.8 Å². The summed E-state index contributed by atoms with van der Waals surface area (Å²) in [5.41, 5.74) is 0.736. The molecule has 1 aromatic carbocycles. The molecule has 1 aromatic rings. The number of rotatable bonds is 8. The molecule has 1 unspecified atom stereocenters. The third-order valence-electron chi connectivity index (χ3n) is 2.88. The van der Waals surface area contributed by atoms with Crippen molar-refractivity contribution in [2.24, 2.45) is 0 Å². The van der Waals surface area contributed by atoms with Crippen molar-refractivity contribution in [3.05, 3.63) is 35.9 Å². The standard InChI is InChI=1S/C16H20O5/c1-3-7-15(18)21-14(12-8-5-4-6-9-12)10-13(17)11-16(19)20-2/h4-6,8-9,14H,3,7,10-11H2,1-2H3. The molecule has 0 N–H and O–H groups in total. The molecule has 0 heterocycles. The molecule has 0 radical (unpaired) electrons. The van der Waals surface area contributed by atoms with Crippen molar-refractivity contribution < 1.29 is 23.9 Å². The zero-order valence-corrected chi connectivity index (χ0v) is 12.3. The number of carbonyl (C=O) groups is 3. The van der Waals surface area contributed by atoms with E-state index in [1.54, 1.807) is 24.3 Å². The normalized spacial score (nSPS) is 11.5. The first-order valence-electron chi connectivity index (χ1n) is 6.89. The van der Waals surface area contributed by atoms with E-state index in [1.807, 2.05) is 13.0 Å². The summed E-state index contributed by atoms with van der Waals surface area (Å²) < 4.78 is 9.81. The molecule has 0 amide bonds. The fourth-order valence-electron chi connectivity index (χ4n) is 1.83. The number of ketones is 1. The van der Waals surface area contributed by atoms with Crippen LogP contribution in [0, 0.1) is 0 Å². The first kappa shape index (κ1) is 16.9. The molecule has 0 aliphatic carbocycles. The van der Waals surface area contributed by atoms with Crippen molar-refractivity contribution in [3.8, 4) is 0 Å². The Morgan fingerprint density at radius 2 is 1.76 bits per heavy atom. The van der Waals surface area contributed by atoms with Crippen LogP contribution in [-0.2, 0) is 23.9 Å². The van der Waals surface area contributed by atoms with Gasteiger partial charge in [0.15, 0.2) is 0 Å². The van der Waals surface area contributed by atoms with Crippen molar-refractivity contribution in [1.29, 1.82) is 0 Å². The Morgan fingerprint density at radius 3 is 2.33 bits per heavy atom. The van der Waals surface area contributed by atoms with Gasteiger partial charge in [-0.05, 0) is 12.0 Å². The van der Waals surface area contributed by atoms with Gasteiger partial charge in [0.25, 0.3) is 0 Å². The van der Waals surface area contributed by atoms with Crippen LogP contribution in [0.1, 0.15) is 44.3 Å². The number of benzene rings is 1. The molecule has 0 spiro atoms. The van der Waals surface area contributed by atoms with Gasteiger partial charge < -0.3 is 9.47 Å². The summed E-state index contributed by atoms with van der Waals surface area (Å²) in [7, 11) is 1.23. The molecule has 0 aromatic heterocycles. The molecule has 21 heavy (non-hydrogen) atoms. The van der Waals surface area contributed by atoms with Gasteiger partial charge in [-0.2, -0.15) is 0 Å². The molecule has 5 nitrogen and oxygen atoms in total. The monoisotopic (exact) mass is 292 g/mol. The topological polar surface area (TPSA) is 69.7 Å². The quantitative estimate of drug-likeness (QED) is 0.544. The van der Waals surface area contributed by atoms with Crippen molar-refractivity contribution in [1.82, 2.24) is 0 Å². The highest BCUT2D eigenvalue weighted by Crippen LogP contribution is 2.23. The Balaban J connectivity index is 2.75. The highest BCUT2D eigenvalue weighted by Gasteiger charge is 2.21. The highest BCUT2D eigenvalue weighted by atomic mass is 16.5. The van der Waals surface area contributed by atoms with Gasteiger partial charge in [0.2, 0.25) is 0 Å².